The Morgan fingerprint density at radius 2 is 2.07 bits per heavy atom. The first-order chi connectivity index (χ1) is 13.3. The number of halogens is 1. The number of hydrogen-bond donors (Lipinski definition) is 1. The minimum Gasteiger partial charge on any atom is -0.381 e. The highest BCUT2D eigenvalue weighted by Gasteiger charge is 2.26. The highest BCUT2D eigenvalue weighted by Crippen LogP contribution is 2.33. The highest BCUT2D eigenvalue weighted by molar-refractivity contribution is 6.31. The van der Waals surface area contributed by atoms with Crippen LogP contribution in [0.15, 0.2) is 54.9 Å². The van der Waals surface area contributed by atoms with Gasteiger partial charge in [-0.15, -0.1) is 0 Å². The van der Waals surface area contributed by atoms with Crippen LogP contribution in [0.2, 0.25) is 5.02 Å². The summed E-state index contributed by atoms with van der Waals surface area (Å²) in [6.07, 6.45) is 2.93. The second-order valence-electron chi connectivity index (χ2n) is 6.88. The van der Waals surface area contributed by atoms with Gasteiger partial charge in [-0.2, -0.15) is 0 Å². The Morgan fingerprint density at radius 1 is 1.19 bits per heavy atom. The van der Waals surface area contributed by atoms with Gasteiger partial charge in [-0.3, -0.25) is 0 Å². The molecule has 0 aliphatic carbocycles. The number of ether oxygens (including phenoxy) is 1. The number of hydrogen-bond acceptors (Lipinski definition) is 3. The van der Waals surface area contributed by atoms with Gasteiger partial charge in [-0.05, 0) is 24.6 Å². The van der Waals surface area contributed by atoms with Gasteiger partial charge in [-0.1, -0.05) is 41.9 Å². The van der Waals surface area contributed by atoms with Gasteiger partial charge in [0, 0.05) is 23.1 Å². The maximum absolute atomic E-state index is 6.09. The van der Waals surface area contributed by atoms with Crippen LogP contribution >= 0.6 is 11.6 Å². The van der Waals surface area contributed by atoms with Crippen molar-refractivity contribution in [1.29, 1.82) is 0 Å². The van der Waals surface area contributed by atoms with Crippen LogP contribution in [-0.2, 0) is 11.3 Å². The molecule has 0 amide bonds. The smallest absolute Gasteiger partial charge is 0.127 e. The third-order valence-corrected chi connectivity index (χ3v) is 5.29. The Bertz CT molecular complexity index is 1080. The van der Waals surface area contributed by atoms with Gasteiger partial charge >= 0.3 is 0 Å². The average Bonchev–Trinajstić information content (AvgIpc) is 3.41. The number of nitrogens with one attached hydrogen (secondary N) is 1. The fourth-order valence-electron chi connectivity index (χ4n) is 3.79. The molecule has 1 unspecified atom stereocenters. The van der Waals surface area contributed by atoms with E-state index >= 15 is 0 Å². The van der Waals surface area contributed by atoms with Crippen LogP contribution in [0.5, 0.6) is 0 Å². The van der Waals surface area contributed by atoms with Gasteiger partial charge in [0.05, 0.1) is 41.9 Å². The Kier molecular flexibility index (Phi) is 4.19. The molecule has 1 aliphatic rings. The Balaban J connectivity index is 1.55. The van der Waals surface area contributed by atoms with Crippen molar-refractivity contribution >= 4 is 22.6 Å². The lowest BCUT2D eigenvalue weighted by molar-refractivity contribution is 0.193. The molecule has 2 aromatic carbocycles. The first-order valence-electron chi connectivity index (χ1n) is 9.10. The van der Waals surface area contributed by atoms with E-state index in [0.717, 1.165) is 47.7 Å². The molecule has 4 aromatic rings. The van der Waals surface area contributed by atoms with Gasteiger partial charge in [0.2, 0.25) is 0 Å². The molecule has 0 saturated carbocycles. The van der Waals surface area contributed by atoms with Crippen LogP contribution < -0.4 is 0 Å². The maximum atomic E-state index is 6.09. The monoisotopic (exact) mass is 378 g/mol. The zero-order chi connectivity index (χ0) is 18.2. The molecular formula is C21H19ClN4O. The summed E-state index contributed by atoms with van der Waals surface area (Å²) in [4.78, 5) is 12.8. The number of rotatable bonds is 4. The van der Waals surface area contributed by atoms with E-state index in [1.54, 1.807) is 0 Å². The fraction of sp³-hybridized carbons (Fsp3) is 0.238. The van der Waals surface area contributed by atoms with E-state index in [-0.39, 0.29) is 0 Å². The summed E-state index contributed by atoms with van der Waals surface area (Å²) in [5, 5.41) is 0.704. The van der Waals surface area contributed by atoms with Crippen molar-refractivity contribution in [2.24, 2.45) is 0 Å². The molecule has 0 spiro atoms. The van der Waals surface area contributed by atoms with E-state index in [0.29, 0.717) is 17.5 Å². The molecule has 1 atom stereocenters. The minimum absolute atomic E-state index is 0.349. The van der Waals surface area contributed by atoms with Crippen LogP contribution in [0.3, 0.4) is 0 Å². The summed E-state index contributed by atoms with van der Waals surface area (Å²) in [6.45, 7) is 2.17. The molecular weight excluding hydrogens is 360 g/mol. The van der Waals surface area contributed by atoms with E-state index in [9.17, 15) is 0 Å². The van der Waals surface area contributed by atoms with E-state index in [4.69, 9.17) is 26.3 Å². The molecule has 6 heteroatoms. The van der Waals surface area contributed by atoms with E-state index in [1.165, 1.54) is 5.69 Å². The lowest BCUT2D eigenvalue weighted by Crippen LogP contribution is -2.10. The number of aromatic nitrogens is 4. The number of nitrogens with zero attached hydrogens (tertiary/aromatic N) is 3. The zero-order valence-corrected chi connectivity index (χ0v) is 15.5. The predicted molar refractivity (Wildman–Crippen MR) is 106 cm³/mol. The van der Waals surface area contributed by atoms with Crippen LogP contribution in [0.4, 0.5) is 0 Å². The molecule has 3 heterocycles. The van der Waals surface area contributed by atoms with Gasteiger partial charge in [0.15, 0.2) is 0 Å². The number of benzene rings is 2. The third-order valence-electron chi connectivity index (χ3n) is 5.05. The molecule has 0 radical (unpaired) electrons. The summed E-state index contributed by atoms with van der Waals surface area (Å²) < 4.78 is 7.85. The number of fused-ring (bicyclic) bond motifs is 1. The van der Waals surface area contributed by atoms with Crippen molar-refractivity contribution in [2.45, 2.75) is 18.9 Å². The molecule has 2 aromatic heterocycles. The highest BCUT2D eigenvalue weighted by atomic mass is 35.5. The Morgan fingerprint density at radius 3 is 2.89 bits per heavy atom. The van der Waals surface area contributed by atoms with Gasteiger partial charge in [-0.25, -0.2) is 9.97 Å². The van der Waals surface area contributed by atoms with Gasteiger partial charge < -0.3 is 14.3 Å². The fourth-order valence-corrected chi connectivity index (χ4v) is 3.96. The number of H-pyrrole nitrogens is 1. The topological polar surface area (TPSA) is 55.7 Å². The Hall–Kier alpha value is -2.63. The summed E-state index contributed by atoms with van der Waals surface area (Å²) in [5.41, 5.74) is 5.26. The SMILES string of the molecule is Clc1ccc2nc(Cn3cnc(-c4ccccc4)c3C3CCOC3)[nH]c2c1. The van der Waals surface area contributed by atoms with Crippen molar-refractivity contribution in [2.75, 3.05) is 13.2 Å². The maximum Gasteiger partial charge on any atom is 0.127 e. The van der Waals surface area contributed by atoms with Crippen molar-refractivity contribution in [3.63, 3.8) is 0 Å². The molecule has 1 N–H and O–H groups in total. The van der Waals surface area contributed by atoms with E-state index in [1.807, 2.05) is 42.7 Å². The first kappa shape index (κ1) is 16.5. The third kappa shape index (κ3) is 3.13. The molecule has 5 nitrogen and oxygen atoms in total. The molecule has 1 fully saturated rings. The van der Waals surface area contributed by atoms with Crippen LogP contribution in [0, 0.1) is 0 Å². The predicted octanol–water partition coefficient (Wildman–Crippen LogP) is 4.63. The number of imidazole rings is 2. The van der Waals surface area contributed by atoms with Crippen molar-refractivity contribution in [1.82, 2.24) is 19.5 Å². The molecule has 1 aliphatic heterocycles. The lowest BCUT2D eigenvalue weighted by Gasteiger charge is -2.14. The summed E-state index contributed by atoms with van der Waals surface area (Å²) >= 11 is 6.09. The second kappa shape index (κ2) is 6.83. The van der Waals surface area contributed by atoms with E-state index < -0.39 is 0 Å². The normalized spacial score (nSPS) is 17.0. The molecule has 136 valence electrons. The second-order valence-corrected chi connectivity index (χ2v) is 7.31. The van der Waals surface area contributed by atoms with Gasteiger partial charge in [0.1, 0.15) is 5.82 Å². The van der Waals surface area contributed by atoms with Crippen LogP contribution in [0.25, 0.3) is 22.3 Å². The summed E-state index contributed by atoms with van der Waals surface area (Å²) in [7, 11) is 0. The lowest BCUT2D eigenvalue weighted by atomic mass is 9.99. The van der Waals surface area contributed by atoms with Crippen molar-refractivity contribution < 1.29 is 4.74 Å². The molecule has 1 saturated heterocycles. The largest absolute Gasteiger partial charge is 0.381 e. The van der Waals surface area contributed by atoms with Crippen LogP contribution in [-0.4, -0.2) is 32.7 Å². The standard InChI is InChI=1S/C21H19ClN4O/c22-16-6-7-17-18(10-16)25-19(24-17)11-26-13-23-20(14-4-2-1-3-5-14)21(26)15-8-9-27-12-15/h1-7,10,13,15H,8-9,11-12H2,(H,24,25). The van der Waals surface area contributed by atoms with Crippen LogP contribution in [0.1, 0.15) is 23.9 Å². The van der Waals surface area contributed by atoms with Gasteiger partial charge in [0.25, 0.3) is 0 Å². The Labute approximate surface area is 162 Å². The molecule has 5 rings (SSSR count). The first-order valence-corrected chi connectivity index (χ1v) is 9.48. The van der Waals surface area contributed by atoms with Crippen molar-refractivity contribution in [3.8, 4) is 11.3 Å². The minimum atomic E-state index is 0.349. The molecule has 27 heavy (non-hydrogen) atoms. The summed E-state index contributed by atoms with van der Waals surface area (Å²) in [6, 6.07) is 16.0. The quantitative estimate of drug-likeness (QED) is 0.563. The summed E-state index contributed by atoms with van der Waals surface area (Å²) in [5.74, 6) is 1.24. The molecule has 0 bridgehead atoms. The van der Waals surface area contributed by atoms with Crippen molar-refractivity contribution in [3.05, 3.63) is 71.4 Å². The zero-order valence-electron chi connectivity index (χ0n) is 14.7. The number of aromatic amines is 1. The average molecular weight is 379 g/mol. The van der Waals surface area contributed by atoms with E-state index in [2.05, 4.69) is 21.7 Å².